The lowest BCUT2D eigenvalue weighted by molar-refractivity contribution is -0.117. The second-order valence-corrected chi connectivity index (χ2v) is 14.1. The Labute approximate surface area is 241 Å². The molecule has 3 heterocycles. The number of thioether (sulfide) groups is 1. The van der Waals surface area contributed by atoms with Crippen LogP contribution in [0.4, 0.5) is 10.2 Å². The molecule has 1 saturated heterocycles. The number of fused-ring (bicyclic) bond motifs is 1. The van der Waals surface area contributed by atoms with E-state index in [-0.39, 0.29) is 47.2 Å². The molecule has 1 fully saturated rings. The van der Waals surface area contributed by atoms with Crippen LogP contribution in [0, 0.1) is 5.41 Å². The van der Waals surface area contributed by atoms with E-state index in [2.05, 4.69) is 20.0 Å². The minimum Gasteiger partial charge on any atom is -0.385 e. The molecule has 2 aromatic heterocycles. The first-order valence-electron chi connectivity index (χ1n) is 12.6. The molecule has 1 aliphatic heterocycles. The number of nitrogens with zero attached hydrogens (tertiary/aromatic N) is 4. The summed E-state index contributed by atoms with van der Waals surface area (Å²) in [4.78, 5) is 24.2. The average molecular weight is 627 g/mol. The van der Waals surface area contributed by atoms with Gasteiger partial charge in [-0.25, -0.2) is 29.0 Å². The van der Waals surface area contributed by atoms with Crippen molar-refractivity contribution < 1.29 is 37.4 Å². The van der Waals surface area contributed by atoms with E-state index in [0.717, 1.165) is 11.8 Å². The zero-order valence-corrected chi connectivity index (χ0v) is 25.7. The van der Waals surface area contributed by atoms with Crippen LogP contribution in [-0.4, -0.2) is 84.8 Å². The second-order valence-electron chi connectivity index (χ2n) is 10.7. The van der Waals surface area contributed by atoms with Crippen LogP contribution >= 0.6 is 31.1 Å². The number of ether oxygens (including phenoxy) is 2. The largest absolute Gasteiger partial charge is 0.405 e. The van der Waals surface area contributed by atoms with Gasteiger partial charge in [-0.15, -0.1) is 0 Å². The van der Waals surface area contributed by atoms with Gasteiger partial charge >= 0.3 is 7.75 Å². The van der Waals surface area contributed by atoms with Gasteiger partial charge in [-0.2, -0.15) is 0 Å². The summed E-state index contributed by atoms with van der Waals surface area (Å²) in [6.07, 6.45) is -2.47. The van der Waals surface area contributed by atoms with Crippen LogP contribution in [0.5, 0.6) is 0 Å². The number of rotatable bonds is 13. The van der Waals surface area contributed by atoms with Crippen molar-refractivity contribution in [3.8, 4) is 0 Å². The maximum absolute atomic E-state index is 15.6. The van der Waals surface area contributed by atoms with E-state index >= 15 is 4.39 Å². The standard InChI is InChI=1S/C23H37ClFN6O7PS/c1-13(2)35-9-14(3)30-39(34,36-7-8-40-21(33)22(4,5)6)37-10-15-17(32)23(24,25)20(38-15)31-12-29-16-18(26)27-11-28-19(16)31/h11-15,17,20,32H,7-10H2,1-6H3,(H,30,34)(H2,26,27,28). The lowest BCUT2D eigenvalue weighted by atomic mass is 10.00. The van der Waals surface area contributed by atoms with Gasteiger partial charge in [-0.3, -0.25) is 18.4 Å². The first-order valence-corrected chi connectivity index (χ1v) is 15.6. The third kappa shape index (κ3) is 8.11. The summed E-state index contributed by atoms with van der Waals surface area (Å²) in [5.74, 6) is 0.295. The average Bonchev–Trinajstić information content (AvgIpc) is 3.38. The zero-order valence-electron chi connectivity index (χ0n) is 23.2. The number of nitrogens with one attached hydrogen (secondary N) is 1. The highest BCUT2D eigenvalue weighted by Crippen LogP contribution is 2.49. The number of aliphatic hydroxyl groups excluding tert-OH is 1. The molecule has 3 rings (SSSR count). The predicted molar refractivity (Wildman–Crippen MR) is 149 cm³/mol. The van der Waals surface area contributed by atoms with E-state index < -0.39 is 49.4 Å². The van der Waals surface area contributed by atoms with Crippen LogP contribution in [0.15, 0.2) is 12.7 Å². The normalized spacial score (nSPS) is 25.9. The molecule has 2 aromatic rings. The van der Waals surface area contributed by atoms with Crippen molar-refractivity contribution in [2.75, 3.05) is 31.3 Å². The number of aromatic nitrogens is 4. The minimum atomic E-state index is -4.05. The van der Waals surface area contributed by atoms with Crippen LogP contribution in [0.2, 0.25) is 0 Å². The Balaban J connectivity index is 1.71. The molecule has 0 radical (unpaired) electrons. The molecule has 40 heavy (non-hydrogen) atoms. The highest BCUT2D eigenvalue weighted by molar-refractivity contribution is 8.13. The maximum Gasteiger partial charge on any atom is 0.405 e. The number of alkyl halides is 2. The number of carbonyl (C=O) groups is 1. The highest BCUT2D eigenvalue weighted by Gasteiger charge is 2.58. The number of halogens is 2. The molecule has 0 spiro atoms. The van der Waals surface area contributed by atoms with Gasteiger partial charge in [0, 0.05) is 17.2 Å². The van der Waals surface area contributed by atoms with E-state index in [9.17, 15) is 14.5 Å². The number of aliphatic hydroxyl groups is 1. The van der Waals surface area contributed by atoms with Crippen LogP contribution in [0.25, 0.3) is 11.2 Å². The number of hydrogen-bond donors (Lipinski definition) is 3. The smallest absolute Gasteiger partial charge is 0.385 e. The molecule has 0 aliphatic carbocycles. The molecule has 0 bridgehead atoms. The van der Waals surface area contributed by atoms with Crippen molar-refractivity contribution in [2.24, 2.45) is 5.41 Å². The third-order valence-corrected chi connectivity index (χ3v) is 9.10. The zero-order chi connectivity index (χ0) is 29.9. The monoisotopic (exact) mass is 626 g/mol. The fourth-order valence-electron chi connectivity index (χ4n) is 3.58. The molecular formula is C23H37ClFN6O7PS. The van der Waals surface area contributed by atoms with E-state index in [0.29, 0.717) is 0 Å². The van der Waals surface area contributed by atoms with Gasteiger partial charge < -0.3 is 20.3 Å². The van der Waals surface area contributed by atoms with Crippen LogP contribution in [0.1, 0.15) is 47.8 Å². The second kappa shape index (κ2) is 13.3. The molecule has 4 N–H and O–H groups in total. The minimum absolute atomic E-state index is 0.0486. The number of nitrogen functional groups attached to an aromatic ring is 1. The molecule has 17 heteroatoms. The van der Waals surface area contributed by atoms with Crippen molar-refractivity contribution in [3.63, 3.8) is 0 Å². The molecule has 1 aliphatic rings. The first-order chi connectivity index (χ1) is 18.5. The number of carbonyl (C=O) groups excluding carboxylic acids is 1. The van der Waals surface area contributed by atoms with E-state index in [4.69, 9.17) is 35.9 Å². The Morgan fingerprint density at radius 3 is 2.70 bits per heavy atom. The van der Waals surface area contributed by atoms with Crippen LogP contribution < -0.4 is 10.8 Å². The van der Waals surface area contributed by atoms with Crippen molar-refractivity contribution in [1.82, 2.24) is 24.6 Å². The third-order valence-electron chi connectivity index (χ3n) is 5.68. The predicted octanol–water partition coefficient (Wildman–Crippen LogP) is 3.42. The number of nitrogens with two attached hydrogens (primary N) is 1. The molecule has 13 nitrogen and oxygen atoms in total. The summed E-state index contributed by atoms with van der Waals surface area (Å²) in [6, 6.07) is -0.463. The fraction of sp³-hybridized carbons (Fsp3) is 0.739. The summed E-state index contributed by atoms with van der Waals surface area (Å²) in [6.45, 7) is 10.4. The molecule has 0 aromatic carbocycles. The lowest BCUT2D eigenvalue weighted by Gasteiger charge is -2.25. The Bertz CT molecular complexity index is 1220. The van der Waals surface area contributed by atoms with Crippen molar-refractivity contribution in [3.05, 3.63) is 12.7 Å². The molecule has 6 atom stereocenters. The Morgan fingerprint density at radius 2 is 2.05 bits per heavy atom. The molecule has 0 saturated carbocycles. The first kappa shape index (κ1) is 33.1. The van der Waals surface area contributed by atoms with Gasteiger partial charge in [0.2, 0.25) is 0 Å². The summed E-state index contributed by atoms with van der Waals surface area (Å²) in [7, 11) is -4.05. The van der Waals surface area contributed by atoms with E-state index in [1.807, 2.05) is 13.8 Å². The van der Waals surface area contributed by atoms with Crippen LogP contribution in [-0.2, 0) is 27.9 Å². The summed E-state index contributed by atoms with van der Waals surface area (Å²) in [5, 5.41) is 10.6. The van der Waals surface area contributed by atoms with Gasteiger partial charge in [0.15, 0.2) is 22.8 Å². The Hall–Kier alpha value is -1.42. The molecule has 0 amide bonds. The van der Waals surface area contributed by atoms with Gasteiger partial charge in [-0.1, -0.05) is 44.1 Å². The Kier molecular flexibility index (Phi) is 11.0. The van der Waals surface area contributed by atoms with Gasteiger partial charge in [0.25, 0.3) is 5.13 Å². The summed E-state index contributed by atoms with van der Waals surface area (Å²) in [5.41, 5.74) is 5.61. The maximum atomic E-state index is 15.6. The quantitative estimate of drug-likeness (QED) is 0.168. The topological polar surface area (TPSA) is 173 Å². The molecule has 6 unspecified atom stereocenters. The number of imidazole rings is 1. The fourth-order valence-corrected chi connectivity index (χ4v) is 6.30. The summed E-state index contributed by atoms with van der Waals surface area (Å²) < 4.78 is 52.9. The van der Waals surface area contributed by atoms with Gasteiger partial charge in [0.1, 0.15) is 24.1 Å². The van der Waals surface area contributed by atoms with Crippen molar-refractivity contribution in [2.45, 2.75) is 77.3 Å². The van der Waals surface area contributed by atoms with Crippen molar-refractivity contribution >= 4 is 53.2 Å². The molecular weight excluding hydrogens is 590 g/mol. The van der Waals surface area contributed by atoms with E-state index in [1.165, 1.54) is 17.2 Å². The summed E-state index contributed by atoms with van der Waals surface area (Å²) >= 11 is 7.15. The Morgan fingerprint density at radius 1 is 1.35 bits per heavy atom. The number of anilines is 1. The van der Waals surface area contributed by atoms with Gasteiger partial charge in [0.05, 0.1) is 32.3 Å². The van der Waals surface area contributed by atoms with E-state index in [1.54, 1.807) is 27.7 Å². The SMILES string of the molecule is CC(COC(C)C)NP(=O)(OCCSC(=O)C(C)(C)C)OCC1OC(n2cnc3c(N)ncnc32)C(F)(Cl)C1O. The lowest BCUT2D eigenvalue weighted by Crippen LogP contribution is -2.39. The highest BCUT2D eigenvalue weighted by atomic mass is 35.5. The molecule has 226 valence electrons. The number of hydrogen-bond acceptors (Lipinski definition) is 12. The van der Waals surface area contributed by atoms with Crippen molar-refractivity contribution in [1.29, 1.82) is 0 Å². The van der Waals surface area contributed by atoms with Gasteiger partial charge in [-0.05, 0) is 20.8 Å². The van der Waals surface area contributed by atoms with Crippen LogP contribution in [0.3, 0.4) is 0 Å².